The molecule has 1 atom stereocenters. The maximum absolute atomic E-state index is 12.3. The summed E-state index contributed by atoms with van der Waals surface area (Å²) in [7, 11) is -9.53. The van der Waals surface area contributed by atoms with Crippen molar-refractivity contribution in [2.75, 3.05) is 0 Å². The van der Waals surface area contributed by atoms with Gasteiger partial charge in [-0.25, -0.2) is 0 Å². The molecule has 1 unspecified atom stereocenters. The van der Waals surface area contributed by atoms with Gasteiger partial charge in [-0.2, -0.15) is 5.26 Å². The van der Waals surface area contributed by atoms with Gasteiger partial charge in [-0.15, -0.1) is 0 Å². The largest absolute Gasteiger partial charge is 0.307 e. The van der Waals surface area contributed by atoms with Gasteiger partial charge in [0.2, 0.25) is 0 Å². The first-order valence-electron chi connectivity index (χ1n) is 3.99. The Morgan fingerprint density at radius 1 is 1.27 bits per heavy atom. The number of hydrogen-bond donors (Lipinski definition) is 0. The van der Waals surface area contributed by atoms with Crippen LogP contribution in [0.4, 0.5) is 19.4 Å². The predicted molar refractivity (Wildman–Crippen MR) is 48.7 cm³/mol. The highest BCUT2D eigenvalue weighted by molar-refractivity contribution is 8.48. The van der Waals surface area contributed by atoms with Crippen molar-refractivity contribution in [2.45, 2.75) is 13.3 Å². The maximum Gasteiger partial charge on any atom is 0.307 e. The van der Waals surface area contributed by atoms with E-state index >= 15 is 0 Å². The summed E-state index contributed by atoms with van der Waals surface area (Å²) in [6, 6.07) is 1.67. The molecule has 86 valence electrons. The first-order valence-corrected chi connectivity index (χ1v) is 5.94. The molecule has 0 spiro atoms. The highest BCUT2D eigenvalue weighted by Gasteiger charge is 2.66. The molecule has 0 radical (unpaired) electrons. The lowest BCUT2D eigenvalue weighted by Gasteiger charge is -2.43. The van der Waals surface area contributed by atoms with Gasteiger partial charge in [0.25, 0.3) is 0 Å². The fourth-order valence-corrected chi connectivity index (χ4v) is 2.15. The highest BCUT2D eigenvalue weighted by Crippen LogP contribution is 3.02. The van der Waals surface area contributed by atoms with Crippen molar-refractivity contribution in [1.82, 2.24) is 0 Å². The van der Waals surface area contributed by atoms with Crippen molar-refractivity contribution in [2.24, 2.45) is 5.92 Å². The number of hydrogen-bond acceptors (Lipinski definition) is 1. The summed E-state index contributed by atoms with van der Waals surface area (Å²) >= 11 is 0. The van der Waals surface area contributed by atoms with E-state index < -0.39 is 27.5 Å². The summed E-state index contributed by atoms with van der Waals surface area (Å²) in [4.78, 5) is -1.80. The van der Waals surface area contributed by atoms with Crippen LogP contribution in [0.15, 0.2) is 22.6 Å². The monoisotopic (exact) mass is 245 g/mol. The zero-order valence-electron chi connectivity index (χ0n) is 7.68. The van der Waals surface area contributed by atoms with E-state index in [0.717, 1.165) is 6.08 Å². The zero-order chi connectivity index (χ0) is 12.0. The average molecular weight is 245 g/mol. The molecule has 0 saturated heterocycles. The molecule has 1 rings (SSSR count). The van der Waals surface area contributed by atoms with Crippen molar-refractivity contribution >= 4 is 10.2 Å². The summed E-state index contributed by atoms with van der Waals surface area (Å²) in [6.45, 7) is 1.31. The van der Waals surface area contributed by atoms with Crippen LogP contribution in [-0.4, -0.2) is 0 Å². The molecule has 0 N–H and O–H groups in total. The molecule has 1 aliphatic carbocycles. The van der Waals surface area contributed by atoms with Crippen LogP contribution in [0.2, 0.25) is 0 Å². The average Bonchev–Trinajstić information content (AvgIpc) is 2.00. The summed E-state index contributed by atoms with van der Waals surface area (Å²) in [5, 5.41) is 8.47. The van der Waals surface area contributed by atoms with Crippen LogP contribution in [0, 0.1) is 17.2 Å². The number of rotatable bonds is 1. The summed E-state index contributed by atoms with van der Waals surface area (Å²) in [6.07, 6.45) is 0.277. The molecule has 0 amide bonds. The number of nitriles is 1. The topological polar surface area (TPSA) is 23.8 Å². The molecule has 0 bridgehead atoms. The third-order valence-corrected chi connectivity index (χ3v) is 3.41. The Hall–Kier alpha value is -1.03. The molecule has 1 nitrogen and oxygen atoms in total. The van der Waals surface area contributed by atoms with Crippen molar-refractivity contribution in [3.8, 4) is 6.07 Å². The Bertz CT molecular complexity index is 396. The molecule has 0 aliphatic heterocycles. The Balaban J connectivity index is 3.22. The van der Waals surface area contributed by atoms with Gasteiger partial charge >= 0.3 is 10.2 Å². The van der Waals surface area contributed by atoms with Gasteiger partial charge in [-0.3, -0.25) is 0 Å². The van der Waals surface area contributed by atoms with Gasteiger partial charge in [0.05, 0.1) is 11.0 Å². The second kappa shape index (κ2) is 2.55. The molecule has 7 heteroatoms. The third-order valence-electron chi connectivity index (χ3n) is 2.11. The molecule has 15 heavy (non-hydrogen) atoms. The lowest BCUT2D eigenvalue weighted by molar-refractivity contribution is 0.372. The van der Waals surface area contributed by atoms with E-state index in [9.17, 15) is 19.4 Å². The molecule has 0 aromatic heterocycles. The van der Waals surface area contributed by atoms with E-state index in [0.29, 0.717) is 6.08 Å². The van der Waals surface area contributed by atoms with Crippen molar-refractivity contribution in [3.63, 3.8) is 0 Å². The molecular formula is C8H8F5NS. The molecule has 0 saturated carbocycles. The van der Waals surface area contributed by atoms with Gasteiger partial charge in [0.1, 0.15) is 0 Å². The smallest absolute Gasteiger partial charge is 0.193 e. The Labute approximate surface area is 83.6 Å². The fourth-order valence-electron chi connectivity index (χ4n) is 1.26. The number of halogens is 5. The Morgan fingerprint density at radius 2 is 1.80 bits per heavy atom. The van der Waals surface area contributed by atoms with E-state index in [4.69, 9.17) is 5.26 Å². The van der Waals surface area contributed by atoms with Crippen LogP contribution < -0.4 is 0 Å². The van der Waals surface area contributed by atoms with Crippen LogP contribution >= 0.6 is 10.2 Å². The van der Waals surface area contributed by atoms with Crippen LogP contribution in [0.25, 0.3) is 0 Å². The second-order valence-electron chi connectivity index (χ2n) is 3.44. The lowest BCUT2D eigenvalue weighted by atomic mass is 9.94. The molecule has 1 aliphatic rings. The minimum atomic E-state index is -9.53. The molecular weight excluding hydrogens is 237 g/mol. The van der Waals surface area contributed by atoms with Crippen molar-refractivity contribution in [3.05, 3.63) is 22.6 Å². The zero-order valence-corrected chi connectivity index (χ0v) is 8.50. The van der Waals surface area contributed by atoms with E-state index in [2.05, 4.69) is 0 Å². The lowest BCUT2D eigenvalue weighted by Crippen LogP contribution is -2.15. The fraction of sp³-hybridized carbons (Fsp3) is 0.375. The second-order valence-corrected chi connectivity index (χ2v) is 5.90. The Kier molecular flexibility index (Phi) is 2.05. The Morgan fingerprint density at radius 3 is 2.13 bits per heavy atom. The minimum Gasteiger partial charge on any atom is -0.193 e. The standard InChI is InChI=1S/C8H8F5NS/c1-6-4-8(3-2-7(6)5-14)15(9,10,11,12)13/h2-3,6H,4H2,1H3. The number of allylic oxidation sites excluding steroid dienone is 4. The quantitative estimate of drug-likeness (QED) is 0.616. The van der Waals surface area contributed by atoms with E-state index in [-0.39, 0.29) is 5.57 Å². The van der Waals surface area contributed by atoms with E-state index in [1.165, 1.54) is 6.92 Å². The van der Waals surface area contributed by atoms with Crippen LogP contribution in [-0.2, 0) is 0 Å². The maximum atomic E-state index is 12.3. The summed E-state index contributed by atoms with van der Waals surface area (Å²) < 4.78 is 61.6. The predicted octanol–water partition coefficient (Wildman–Crippen LogP) is 4.66. The SMILES string of the molecule is CC1CC(S(F)(F)(F)(F)F)=CC=C1C#N. The first-order chi connectivity index (χ1) is 6.44. The van der Waals surface area contributed by atoms with Gasteiger partial charge in [0.15, 0.2) is 0 Å². The van der Waals surface area contributed by atoms with Crippen molar-refractivity contribution in [1.29, 1.82) is 5.26 Å². The van der Waals surface area contributed by atoms with Gasteiger partial charge in [-0.05, 0) is 24.5 Å². The van der Waals surface area contributed by atoms with E-state index in [1.54, 1.807) is 6.07 Å². The molecule has 0 aromatic rings. The minimum absolute atomic E-state index is 0.0839. The summed E-state index contributed by atoms with van der Waals surface area (Å²) in [5.74, 6) is -0.821. The van der Waals surface area contributed by atoms with Gasteiger partial charge in [-0.1, -0.05) is 26.4 Å². The van der Waals surface area contributed by atoms with Crippen LogP contribution in [0.3, 0.4) is 0 Å². The van der Waals surface area contributed by atoms with E-state index in [1.807, 2.05) is 0 Å². The molecule has 0 heterocycles. The first kappa shape index (κ1) is 12.0. The van der Waals surface area contributed by atoms with Gasteiger partial charge < -0.3 is 0 Å². The van der Waals surface area contributed by atoms with Crippen LogP contribution in [0.1, 0.15) is 13.3 Å². The van der Waals surface area contributed by atoms with Gasteiger partial charge in [0, 0.05) is 5.57 Å². The third kappa shape index (κ3) is 2.72. The number of nitrogens with zero attached hydrogens (tertiary/aromatic N) is 1. The highest BCUT2D eigenvalue weighted by atomic mass is 32.5. The van der Waals surface area contributed by atoms with Crippen LogP contribution in [0.5, 0.6) is 0 Å². The molecule has 0 aromatic carbocycles. The van der Waals surface area contributed by atoms with Crippen molar-refractivity contribution < 1.29 is 19.4 Å². The molecule has 0 fully saturated rings. The summed E-state index contributed by atoms with van der Waals surface area (Å²) in [5.41, 5.74) is 0.0839. The normalized spacial score (nSPS) is 26.9.